The Balaban J connectivity index is 1.45. The van der Waals surface area contributed by atoms with Crippen LogP contribution in [0.5, 0.6) is 0 Å². The number of rotatable bonds is 2. The van der Waals surface area contributed by atoms with Crippen LogP contribution in [-0.4, -0.2) is 55.2 Å². The summed E-state index contributed by atoms with van der Waals surface area (Å²) in [6.07, 6.45) is 2.28. The van der Waals surface area contributed by atoms with Crippen molar-refractivity contribution in [3.05, 3.63) is 0 Å². The van der Waals surface area contributed by atoms with E-state index in [1.165, 1.54) is 6.42 Å². The largest absolute Gasteiger partial charge is 0.632 e. The molecule has 2 bridgehead atoms. The van der Waals surface area contributed by atoms with Crippen LogP contribution in [-0.2, 0) is 23.6 Å². The molecule has 3 aliphatic carbocycles. The Morgan fingerprint density at radius 2 is 1.67 bits per heavy atom. The lowest BCUT2D eigenvalue weighted by Crippen LogP contribution is -2.62. The molecule has 0 radical (unpaired) electrons. The van der Waals surface area contributed by atoms with Gasteiger partial charge in [-0.25, -0.2) is 0 Å². The van der Waals surface area contributed by atoms with Crippen LogP contribution >= 0.6 is 0 Å². The van der Waals surface area contributed by atoms with Crippen molar-refractivity contribution in [2.45, 2.75) is 58.7 Å². The molecule has 0 N–H and O–H groups in total. The monoisotopic (exact) mass is 335 g/mol. The minimum absolute atomic E-state index is 0.0289. The van der Waals surface area contributed by atoms with Gasteiger partial charge in [0.2, 0.25) is 0 Å². The maximum atomic E-state index is 12.3. The molecular weight excluding hydrogens is 309 g/mol. The molecule has 5 rings (SSSR count). The number of hydrogen-bond donors (Lipinski definition) is 0. The highest BCUT2D eigenvalue weighted by atomic mass is 16.7. The van der Waals surface area contributed by atoms with E-state index in [4.69, 9.17) is 14.0 Å². The van der Waals surface area contributed by atoms with E-state index in [9.17, 15) is 9.59 Å². The second-order valence-electron chi connectivity index (χ2n) is 8.58. The van der Waals surface area contributed by atoms with Gasteiger partial charge in [0.1, 0.15) is 6.00 Å². The average molecular weight is 335 g/mol. The summed E-state index contributed by atoms with van der Waals surface area (Å²) in [6.45, 7) is 9.12. The molecule has 2 aliphatic heterocycles. The first kappa shape index (κ1) is 16.4. The van der Waals surface area contributed by atoms with Gasteiger partial charge in [0.05, 0.1) is 19.2 Å². The number of ether oxygens (including phenoxy) is 1. The van der Waals surface area contributed by atoms with Gasteiger partial charge in [0.25, 0.3) is 0 Å². The second kappa shape index (κ2) is 5.46. The van der Waals surface area contributed by atoms with Crippen molar-refractivity contribution >= 4 is 19.1 Å². The fraction of sp³-hybridized carbons (Fsp3) is 0.882. The molecule has 6 atom stereocenters. The van der Waals surface area contributed by atoms with Gasteiger partial charge >= 0.3 is 19.1 Å². The molecule has 2 heterocycles. The Hall–Kier alpha value is -1.08. The Morgan fingerprint density at radius 3 is 2.12 bits per heavy atom. The molecule has 0 aromatic carbocycles. The zero-order valence-electron chi connectivity index (χ0n) is 14.9. The molecule has 0 aromatic heterocycles. The Labute approximate surface area is 143 Å². The first-order valence-electron chi connectivity index (χ1n) is 9.06. The van der Waals surface area contributed by atoms with Crippen molar-refractivity contribution in [2.24, 2.45) is 23.2 Å². The fourth-order valence-electron chi connectivity index (χ4n) is 5.21. The zero-order chi connectivity index (χ0) is 17.2. The molecule has 6 nitrogen and oxygen atoms in total. The third-order valence-corrected chi connectivity index (χ3v) is 6.97. The lowest BCUT2D eigenvalue weighted by atomic mass is 9.44. The fourth-order valence-corrected chi connectivity index (χ4v) is 5.21. The first-order valence-corrected chi connectivity index (χ1v) is 9.06. The van der Waals surface area contributed by atoms with Gasteiger partial charge in [-0.2, -0.15) is 0 Å². The molecule has 5 aliphatic rings. The highest BCUT2D eigenvalue weighted by Gasteiger charge is 2.58. The SMILES string of the molecule is C[C@@H]1O[C@H]1B1OC(=O)CN([C@@H]2C[C@@H]3CC([C@H]2C)C3(C)C)CC(=O)O1. The maximum Gasteiger partial charge on any atom is 0.632 e. The van der Waals surface area contributed by atoms with Crippen LogP contribution in [0.15, 0.2) is 0 Å². The van der Waals surface area contributed by atoms with Gasteiger partial charge in [0.15, 0.2) is 0 Å². The summed E-state index contributed by atoms with van der Waals surface area (Å²) in [7, 11) is -0.890. The normalized spacial score (nSPS) is 44.8. The van der Waals surface area contributed by atoms with Gasteiger partial charge in [-0.15, -0.1) is 0 Å². The van der Waals surface area contributed by atoms with Crippen LogP contribution in [0.2, 0.25) is 0 Å². The molecule has 5 fully saturated rings. The molecule has 7 heteroatoms. The zero-order valence-corrected chi connectivity index (χ0v) is 14.9. The average Bonchev–Trinajstić information content (AvgIpc) is 3.20. The van der Waals surface area contributed by atoms with Crippen molar-refractivity contribution in [3.8, 4) is 0 Å². The minimum Gasteiger partial charge on any atom is -0.496 e. The third-order valence-electron chi connectivity index (χ3n) is 6.97. The summed E-state index contributed by atoms with van der Waals surface area (Å²) in [5.74, 6) is 1.14. The van der Waals surface area contributed by atoms with Gasteiger partial charge in [-0.3, -0.25) is 14.5 Å². The van der Waals surface area contributed by atoms with Crippen molar-refractivity contribution < 1.29 is 23.6 Å². The quantitative estimate of drug-likeness (QED) is 0.559. The second-order valence-corrected chi connectivity index (χ2v) is 8.58. The molecule has 2 saturated heterocycles. The summed E-state index contributed by atoms with van der Waals surface area (Å²) in [4.78, 5) is 26.5. The van der Waals surface area contributed by atoms with Crippen molar-refractivity contribution in [1.82, 2.24) is 4.90 Å². The summed E-state index contributed by atoms with van der Waals surface area (Å²) < 4.78 is 16.0. The number of fused-ring (bicyclic) bond motifs is 2. The van der Waals surface area contributed by atoms with Crippen LogP contribution in [0.4, 0.5) is 0 Å². The highest BCUT2D eigenvalue weighted by molar-refractivity contribution is 6.51. The topological polar surface area (TPSA) is 68.4 Å². The number of carbonyl (C=O) groups excluding carboxylic acids is 2. The van der Waals surface area contributed by atoms with Gasteiger partial charge < -0.3 is 14.0 Å². The molecule has 0 spiro atoms. The molecule has 24 heavy (non-hydrogen) atoms. The van der Waals surface area contributed by atoms with Crippen molar-refractivity contribution in [2.75, 3.05) is 13.1 Å². The molecular formula is C17H26BNO5. The summed E-state index contributed by atoms with van der Waals surface area (Å²) in [5, 5.41) is 0. The Bertz CT molecular complexity index is 547. The van der Waals surface area contributed by atoms with E-state index in [1.54, 1.807) is 0 Å². The number of hydrogen-bond acceptors (Lipinski definition) is 6. The van der Waals surface area contributed by atoms with E-state index in [0.29, 0.717) is 23.2 Å². The van der Waals surface area contributed by atoms with Crippen LogP contribution in [0.3, 0.4) is 0 Å². The predicted octanol–water partition coefficient (Wildman–Crippen LogP) is 1.27. The van der Waals surface area contributed by atoms with Gasteiger partial charge in [-0.05, 0) is 42.9 Å². The van der Waals surface area contributed by atoms with E-state index in [-0.39, 0.29) is 43.2 Å². The Kier molecular flexibility index (Phi) is 3.73. The van der Waals surface area contributed by atoms with E-state index in [1.807, 2.05) is 11.8 Å². The smallest absolute Gasteiger partial charge is 0.496 e. The lowest BCUT2D eigenvalue weighted by Gasteiger charge is -2.63. The summed E-state index contributed by atoms with van der Waals surface area (Å²) in [6, 6.07) is -0.0685. The predicted molar refractivity (Wildman–Crippen MR) is 86.8 cm³/mol. The molecule has 0 amide bonds. The molecule has 3 saturated carbocycles. The highest BCUT2D eigenvalue weighted by Crippen LogP contribution is 2.62. The Morgan fingerprint density at radius 1 is 1.08 bits per heavy atom. The lowest BCUT2D eigenvalue weighted by molar-refractivity contribution is -0.160. The number of nitrogens with zero attached hydrogens (tertiary/aromatic N) is 1. The van der Waals surface area contributed by atoms with Gasteiger partial charge in [0, 0.05) is 6.04 Å². The van der Waals surface area contributed by atoms with Crippen LogP contribution in [0.1, 0.15) is 40.5 Å². The number of carbonyl (C=O) groups is 2. The molecule has 0 aromatic rings. The van der Waals surface area contributed by atoms with Gasteiger partial charge in [-0.1, -0.05) is 20.8 Å². The summed E-state index contributed by atoms with van der Waals surface area (Å²) in [5.41, 5.74) is 0.379. The number of epoxide rings is 1. The molecule has 1 unspecified atom stereocenters. The first-order chi connectivity index (χ1) is 11.3. The van der Waals surface area contributed by atoms with E-state index in [0.717, 1.165) is 6.42 Å². The maximum absolute atomic E-state index is 12.3. The van der Waals surface area contributed by atoms with E-state index >= 15 is 0 Å². The van der Waals surface area contributed by atoms with Crippen LogP contribution in [0, 0.1) is 23.2 Å². The van der Waals surface area contributed by atoms with Crippen LogP contribution < -0.4 is 0 Å². The summed E-state index contributed by atoms with van der Waals surface area (Å²) >= 11 is 0. The minimum atomic E-state index is -0.890. The standard InChI is InChI=1S/C17H26BNO5/c1-9-12-5-11(17(12,3)4)6-13(9)19-7-14(20)23-18(16-10(2)22-16)24-15(21)8-19/h9-13,16H,5-8H2,1-4H3/t9-,10+,11+,12?,13-,16-/m1/s1. The van der Waals surface area contributed by atoms with Crippen molar-refractivity contribution in [1.29, 1.82) is 0 Å². The molecule has 132 valence electrons. The van der Waals surface area contributed by atoms with Crippen molar-refractivity contribution in [3.63, 3.8) is 0 Å². The van der Waals surface area contributed by atoms with E-state index < -0.39 is 7.12 Å². The third kappa shape index (κ3) is 2.56. The van der Waals surface area contributed by atoms with Crippen LogP contribution in [0.25, 0.3) is 0 Å². The van der Waals surface area contributed by atoms with E-state index in [2.05, 4.69) is 20.8 Å².